The van der Waals surface area contributed by atoms with Gasteiger partial charge in [-0.25, -0.2) is 0 Å². The van der Waals surface area contributed by atoms with Gasteiger partial charge in [-0.05, 0) is 66.2 Å². The maximum Gasteiger partial charge on any atom is 0.265 e. The highest BCUT2D eigenvalue weighted by Gasteiger charge is 2.20. The van der Waals surface area contributed by atoms with Crippen molar-refractivity contribution >= 4 is 22.9 Å². The van der Waals surface area contributed by atoms with Crippen molar-refractivity contribution in [2.24, 2.45) is 0 Å². The number of anilines is 1. The van der Waals surface area contributed by atoms with Gasteiger partial charge in [-0.1, -0.05) is 18.2 Å². The smallest absolute Gasteiger partial charge is 0.265 e. The molecule has 1 aromatic heterocycles. The number of nitrogens with one attached hydrogen (secondary N) is 1. The van der Waals surface area contributed by atoms with E-state index in [1.165, 1.54) is 16.9 Å². The van der Waals surface area contributed by atoms with Crippen LogP contribution in [0.15, 0.2) is 66.0 Å². The maximum absolute atomic E-state index is 12.1. The summed E-state index contributed by atoms with van der Waals surface area (Å²) in [7, 11) is 0. The fourth-order valence-electron chi connectivity index (χ4n) is 3.54. The lowest BCUT2D eigenvalue weighted by molar-refractivity contribution is 0.0967. The van der Waals surface area contributed by atoms with Crippen molar-refractivity contribution in [3.05, 3.63) is 82.0 Å². The zero-order valence-corrected chi connectivity index (χ0v) is 17.4. The Labute approximate surface area is 180 Å². The Balaban J connectivity index is 1.23. The fourth-order valence-corrected chi connectivity index (χ4v) is 4.16. The van der Waals surface area contributed by atoms with Crippen molar-refractivity contribution in [1.82, 2.24) is 4.90 Å². The summed E-state index contributed by atoms with van der Waals surface area (Å²) in [5, 5.41) is 13.7. The zero-order chi connectivity index (χ0) is 20.8. The van der Waals surface area contributed by atoms with Gasteiger partial charge < -0.3 is 10.1 Å². The lowest BCUT2D eigenvalue weighted by Crippen LogP contribution is -2.37. The number of hydrogen-bond acceptors (Lipinski definition) is 5. The molecule has 0 bridgehead atoms. The van der Waals surface area contributed by atoms with Gasteiger partial charge in [0.05, 0.1) is 16.5 Å². The van der Waals surface area contributed by atoms with E-state index in [1.807, 2.05) is 66.0 Å². The summed E-state index contributed by atoms with van der Waals surface area (Å²) >= 11 is 1.43. The van der Waals surface area contributed by atoms with Crippen molar-refractivity contribution in [2.45, 2.75) is 25.5 Å². The van der Waals surface area contributed by atoms with Crippen molar-refractivity contribution in [2.75, 3.05) is 18.4 Å². The number of carbonyl (C=O) groups is 1. The number of nitrogens with zero attached hydrogens (tertiary/aromatic N) is 2. The van der Waals surface area contributed by atoms with Crippen LogP contribution in [-0.2, 0) is 6.54 Å². The first-order valence-electron chi connectivity index (χ1n) is 10.0. The molecule has 6 heteroatoms. The second-order valence-electron chi connectivity index (χ2n) is 7.36. The molecule has 4 rings (SSSR count). The molecule has 0 aliphatic carbocycles. The largest absolute Gasteiger partial charge is 0.490 e. The minimum absolute atomic E-state index is 0.0895. The molecule has 1 amide bonds. The number of amides is 1. The van der Waals surface area contributed by atoms with E-state index < -0.39 is 0 Å². The maximum atomic E-state index is 12.1. The summed E-state index contributed by atoms with van der Waals surface area (Å²) in [6, 6.07) is 21.2. The van der Waals surface area contributed by atoms with Crippen LogP contribution >= 0.6 is 11.3 Å². The number of hydrogen-bond donors (Lipinski definition) is 1. The third-order valence-corrected chi connectivity index (χ3v) is 6.05. The van der Waals surface area contributed by atoms with Gasteiger partial charge >= 0.3 is 0 Å². The van der Waals surface area contributed by atoms with Gasteiger partial charge in [0.15, 0.2) is 0 Å². The number of ether oxygens (including phenoxy) is 1. The summed E-state index contributed by atoms with van der Waals surface area (Å²) in [5.74, 6) is 0.739. The first-order valence-corrected chi connectivity index (χ1v) is 10.9. The third kappa shape index (κ3) is 5.26. The molecule has 3 aromatic rings. The van der Waals surface area contributed by atoms with Crippen LogP contribution in [0.25, 0.3) is 0 Å². The molecule has 2 aromatic carbocycles. The Hall–Kier alpha value is -3.14. The van der Waals surface area contributed by atoms with E-state index in [9.17, 15) is 4.79 Å². The lowest BCUT2D eigenvalue weighted by atomic mass is 10.1. The minimum Gasteiger partial charge on any atom is -0.490 e. The Morgan fingerprint density at radius 3 is 2.47 bits per heavy atom. The van der Waals surface area contributed by atoms with Crippen molar-refractivity contribution in [3.63, 3.8) is 0 Å². The molecule has 30 heavy (non-hydrogen) atoms. The Morgan fingerprint density at radius 1 is 1.10 bits per heavy atom. The van der Waals surface area contributed by atoms with Gasteiger partial charge in [-0.15, -0.1) is 11.3 Å². The van der Waals surface area contributed by atoms with Gasteiger partial charge in [-0.3, -0.25) is 9.69 Å². The lowest BCUT2D eigenvalue weighted by Gasteiger charge is -2.32. The first-order chi connectivity index (χ1) is 14.7. The molecule has 1 fully saturated rings. The predicted octanol–water partition coefficient (Wildman–Crippen LogP) is 4.92. The highest BCUT2D eigenvalue weighted by atomic mass is 32.1. The van der Waals surface area contributed by atoms with Crippen molar-refractivity contribution in [1.29, 1.82) is 5.26 Å². The normalized spacial score (nSPS) is 14.8. The molecule has 1 aliphatic heterocycles. The summed E-state index contributed by atoms with van der Waals surface area (Å²) in [6.07, 6.45) is 2.16. The number of nitriles is 1. The van der Waals surface area contributed by atoms with Gasteiger partial charge in [0.1, 0.15) is 11.9 Å². The van der Waals surface area contributed by atoms with Crippen LogP contribution in [0.4, 0.5) is 5.69 Å². The van der Waals surface area contributed by atoms with Crippen LogP contribution in [0.3, 0.4) is 0 Å². The van der Waals surface area contributed by atoms with Gasteiger partial charge in [0, 0.05) is 25.3 Å². The Bertz CT molecular complexity index is 1000. The molecule has 1 aliphatic rings. The number of carbonyl (C=O) groups excluding carboxylic acids is 1. The number of piperidine rings is 1. The van der Waals surface area contributed by atoms with E-state index in [0.717, 1.165) is 43.9 Å². The van der Waals surface area contributed by atoms with Gasteiger partial charge in [-0.2, -0.15) is 5.26 Å². The molecular formula is C24H23N3O2S. The van der Waals surface area contributed by atoms with E-state index >= 15 is 0 Å². The fraction of sp³-hybridized carbons (Fsp3) is 0.250. The molecule has 152 valence electrons. The van der Waals surface area contributed by atoms with Crippen LogP contribution in [0, 0.1) is 11.3 Å². The van der Waals surface area contributed by atoms with Crippen LogP contribution in [0.1, 0.15) is 33.6 Å². The van der Waals surface area contributed by atoms with Crippen LogP contribution in [0.2, 0.25) is 0 Å². The third-order valence-electron chi connectivity index (χ3n) is 5.18. The summed E-state index contributed by atoms with van der Waals surface area (Å²) in [5.41, 5.74) is 2.69. The van der Waals surface area contributed by atoms with E-state index in [4.69, 9.17) is 10.00 Å². The predicted molar refractivity (Wildman–Crippen MR) is 119 cm³/mol. The minimum atomic E-state index is -0.0895. The second-order valence-corrected chi connectivity index (χ2v) is 8.31. The number of thiophene rings is 1. The van der Waals surface area contributed by atoms with E-state index in [-0.39, 0.29) is 12.0 Å². The van der Waals surface area contributed by atoms with E-state index in [2.05, 4.69) is 16.3 Å². The summed E-state index contributed by atoms with van der Waals surface area (Å²) in [6.45, 7) is 2.87. The van der Waals surface area contributed by atoms with Crippen molar-refractivity contribution < 1.29 is 9.53 Å². The quantitative estimate of drug-likeness (QED) is 0.619. The molecule has 1 saturated heterocycles. The van der Waals surface area contributed by atoms with Crippen molar-refractivity contribution in [3.8, 4) is 11.8 Å². The zero-order valence-electron chi connectivity index (χ0n) is 16.6. The topological polar surface area (TPSA) is 65.4 Å². The molecular weight excluding hydrogens is 394 g/mol. The number of benzene rings is 2. The molecule has 2 heterocycles. The molecule has 0 spiro atoms. The first kappa shape index (κ1) is 20.1. The number of likely N-dealkylation sites (tertiary alicyclic amines) is 1. The van der Waals surface area contributed by atoms with E-state index in [1.54, 1.807) is 0 Å². The summed E-state index contributed by atoms with van der Waals surface area (Å²) < 4.78 is 6.14. The highest BCUT2D eigenvalue weighted by molar-refractivity contribution is 7.12. The molecule has 0 radical (unpaired) electrons. The van der Waals surface area contributed by atoms with Crippen LogP contribution < -0.4 is 10.1 Å². The molecule has 5 nitrogen and oxygen atoms in total. The SMILES string of the molecule is N#Cc1ccc(CN2CCC(Oc3ccc(NC(=O)c4cccs4)cc3)CC2)cc1. The van der Waals surface area contributed by atoms with E-state index in [0.29, 0.717) is 10.4 Å². The highest BCUT2D eigenvalue weighted by Crippen LogP contribution is 2.22. The standard InChI is InChI=1S/C24H23N3O2S/c25-16-18-3-5-19(6-4-18)17-27-13-11-22(12-14-27)29-21-9-7-20(8-10-21)26-24(28)23-2-1-15-30-23/h1-10,15,22H,11-14,17H2,(H,26,28). The van der Waals surface area contributed by atoms with Gasteiger partial charge in [0.2, 0.25) is 0 Å². The molecule has 0 atom stereocenters. The van der Waals surface area contributed by atoms with Gasteiger partial charge in [0.25, 0.3) is 5.91 Å². The summed E-state index contributed by atoms with van der Waals surface area (Å²) in [4.78, 5) is 15.2. The average Bonchev–Trinajstić information content (AvgIpc) is 3.32. The average molecular weight is 418 g/mol. The Morgan fingerprint density at radius 2 is 1.83 bits per heavy atom. The molecule has 0 saturated carbocycles. The number of rotatable bonds is 6. The second kappa shape index (κ2) is 9.57. The molecule has 1 N–H and O–H groups in total. The van der Waals surface area contributed by atoms with Crippen LogP contribution in [0.5, 0.6) is 5.75 Å². The Kier molecular flexibility index (Phi) is 6.43. The van der Waals surface area contributed by atoms with Crippen LogP contribution in [-0.4, -0.2) is 30.0 Å². The monoisotopic (exact) mass is 417 g/mol. The molecule has 0 unspecified atom stereocenters.